The summed E-state index contributed by atoms with van der Waals surface area (Å²) in [6, 6.07) is 0. The largest absolute Gasteiger partial charge is 0.391 e. The van der Waals surface area contributed by atoms with Crippen molar-refractivity contribution in [2.45, 2.75) is 19.1 Å². The molecule has 2 aromatic heterocycles. The fourth-order valence-corrected chi connectivity index (χ4v) is 1.91. The second-order valence-electron chi connectivity index (χ2n) is 4.21. The summed E-state index contributed by atoms with van der Waals surface area (Å²) in [4.78, 5) is 20.4. The highest BCUT2D eigenvalue weighted by Gasteiger charge is 2.11. The lowest BCUT2D eigenvalue weighted by Gasteiger charge is -2.11. The second-order valence-corrected chi connectivity index (χ2v) is 5.03. The molecule has 0 amide bonds. The molecule has 0 saturated carbocycles. The fraction of sp³-hybridized carbons (Fsp3) is 0.500. The predicted molar refractivity (Wildman–Crippen MR) is 73.5 cm³/mol. The van der Waals surface area contributed by atoms with Gasteiger partial charge in [0.2, 0.25) is 0 Å². The van der Waals surface area contributed by atoms with Crippen molar-refractivity contribution in [2.75, 3.05) is 19.1 Å². The van der Waals surface area contributed by atoms with Gasteiger partial charge in [-0.05, 0) is 6.42 Å². The minimum atomic E-state index is -2.98. The molecule has 0 aliphatic rings. The predicted octanol–water partition coefficient (Wildman–Crippen LogP) is -0.468. The maximum Gasteiger partial charge on any atom is 0.318 e. The molecule has 2 rings (SSSR count). The van der Waals surface area contributed by atoms with Gasteiger partial charge in [-0.1, -0.05) is 0 Å². The van der Waals surface area contributed by atoms with Crippen molar-refractivity contribution in [1.82, 2.24) is 19.5 Å². The number of aromatic nitrogens is 4. The van der Waals surface area contributed by atoms with Crippen LogP contribution in [0.3, 0.4) is 0 Å². The van der Waals surface area contributed by atoms with Crippen LogP contribution in [-0.2, 0) is 20.4 Å². The molecule has 10 nitrogen and oxygen atoms in total. The van der Waals surface area contributed by atoms with Crippen LogP contribution in [0.4, 0.5) is 5.82 Å². The Balaban J connectivity index is 1.83. The molecule has 0 aliphatic heterocycles. The minimum Gasteiger partial charge on any atom is -0.391 e. The molecular weight excluding hydrogens is 301 g/mol. The van der Waals surface area contributed by atoms with Gasteiger partial charge in [0.05, 0.1) is 25.6 Å². The quantitative estimate of drug-likeness (QED) is 0.334. The number of imidazole rings is 1. The molecule has 0 fully saturated rings. The first kappa shape index (κ1) is 15.8. The van der Waals surface area contributed by atoms with E-state index >= 15 is 0 Å². The molecule has 0 radical (unpaired) electrons. The van der Waals surface area contributed by atoms with Crippen molar-refractivity contribution in [3.8, 4) is 0 Å². The molecular formula is C10H16N5O5P. The lowest BCUT2D eigenvalue weighted by Crippen LogP contribution is -2.18. The van der Waals surface area contributed by atoms with E-state index in [1.165, 1.54) is 12.7 Å². The Kier molecular flexibility index (Phi) is 5.59. The van der Waals surface area contributed by atoms with Crippen LogP contribution in [0.15, 0.2) is 12.7 Å². The van der Waals surface area contributed by atoms with Gasteiger partial charge < -0.3 is 25.0 Å². The SMILES string of the molecule is Nc1ncnc2c1ncn2CC(O)CCOCO[PH](=O)O. The van der Waals surface area contributed by atoms with Crippen LogP contribution in [0.1, 0.15) is 6.42 Å². The number of anilines is 1. The monoisotopic (exact) mass is 317 g/mol. The molecule has 2 aromatic rings. The van der Waals surface area contributed by atoms with Crippen LogP contribution in [-0.4, -0.2) is 49.0 Å². The van der Waals surface area contributed by atoms with Crippen LogP contribution in [0, 0.1) is 0 Å². The van der Waals surface area contributed by atoms with Crippen molar-refractivity contribution in [3.05, 3.63) is 12.7 Å². The smallest absolute Gasteiger partial charge is 0.318 e. The lowest BCUT2D eigenvalue weighted by atomic mass is 10.2. The maximum atomic E-state index is 10.3. The van der Waals surface area contributed by atoms with Crippen molar-refractivity contribution in [3.63, 3.8) is 0 Å². The summed E-state index contributed by atoms with van der Waals surface area (Å²) in [6.45, 7) is 0.187. The van der Waals surface area contributed by atoms with E-state index in [1.54, 1.807) is 4.57 Å². The number of hydrogen-bond donors (Lipinski definition) is 3. The molecule has 11 heteroatoms. The molecule has 116 valence electrons. The van der Waals surface area contributed by atoms with E-state index in [1.807, 2.05) is 0 Å². The Hall–Kier alpha value is -1.58. The van der Waals surface area contributed by atoms with Gasteiger partial charge in [-0.25, -0.2) is 15.0 Å². The summed E-state index contributed by atoms with van der Waals surface area (Å²) < 4.78 is 21.2. The first-order chi connectivity index (χ1) is 10.1. The number of fused-ring (bicyclic) bond motifs is 1. The molecule has 0 aliphatic carbocycles. The van der Waals surface area contributed by atoms with E-state index in [0.29, 0.717) is 17.6 Å². The molecule has 0 saturated heterocycles. The Morgan fingerprint density at radius 2 is 2.24 bits per heavy atom. The highest BCUT2D eigenvalue weighted by molar-refractivity contribution is 7.32. The van der Waals surface area contributed by atoms with E-state index in [-0.39, 0.29) is 25.8 Å². The maximum absolute atomic E-state index is 10.3. The summed E-state index contributed by atoms with van der Waals surface area (Å²) in [6.07, 6.45) is 2.50. The highest BCUT2D eigenvalue weighted by atomic mass is 31.1. The van der Waals surface area contributed by atoms with E-state index in [0.717, 1.165) is 0 Å². The molecule has 0 aromatic carbocycles. The number of rotatable bonds is 8. The van der Waals surface area contributed by atoms with Crippen molar-refractivity contribution in [1.29, 1.82) is 0 Å². The van der Waals surface area contributed by atoms with E-state index in [9.17, 15) is 9.67 Å². The molecule has 21 heavy (non-hydrogen) atoms. The average molecular weight is 317 g/mol. The Bertz CT molecular complexity index is 621. The van der Waals surface area contributed by atoms with Gasteiger partial charge in [0.1, 0.15) is 11.8 Å². The molecule has 0 spiro atoms. The first-order valence-electron chi connectivity index (χ1n) is 6.10. The van der Waals surface area contributed by atoms with Gasteiger partial charge in [-0.15, -0.1) is 0 Å². The lowest BCUT2D eigenvalue weighted by molar-refractivity contribution is -0.00287. The number of nitrogen functional groups attached to an aromatic ring is 1. The number of aliphatic hydroxyl groups is 1. The van der Waals surface area contributed by atoms with Crippen molar-refractivity contribution in [2.24, 2.45) is 0 Å². The number of hydrogen-bond acceptors (Lipinski definition) is 8. The van der Waals surface area contributed by atoms with Crippen molar-refractivity contribution >= 4 is 25.2 Å². The van der Waals surface area contributed by atoms with Crippen LogP contribution in [0.5, 0.6) is 0 Å². The fourth-order valence-electron chi connectivity index (χ4n) is 1.72. The third kappa shape index (κ3) is 4.45. The zero-order valence-corrected chi connectivity index (χ0v) is 12.0. The number of nitrogens with two attached hydrogens (primary N) is 1. The summed E-state index contributed by atoms with van der Waals surface area (Å²) in [5.41, 5.74) is 6.71. The van der Waals surface area contributed by atoms with Crippen LogP contribution >= 0.6 is 8.25 Å². The summed E-state index contributed by atoms with van der Waals surface area (Å²) in [5.74, 6) is 0.285. The third-order valence-electron chi connectivity index (χ3n) is 2.70. The zero-order valence-electron chi connectivity index (χ0n) is 11.0. The molecule has 0 bridgehead atoms. The topological polar surface area (TPSA) is 146 Å². The summed E-state index contributed by atoms with van der Waals surface area (Å²) in [5, 5.41) is 9.91. The molecule has 2 heterocycles. The third-order valence-corrected chi connectivity index (χ3v) is 3.06. The Morgan fingerprint density at radius 1 is 1.43 bits per heavy atom. The average Bonchev–Trinajstić information content (AvgIpc) is 2.83. The molecule has 2 unspecified atom stereocenters. The Labute approximate surface area is 120 Å². The number of aliphatic hydroxyl groups excluding tert-OH is 1. The number of nitrogens with zero attached hydrogens (tertiary/aromatic N) is 4. The van der Waals surface area contributed by atoms with Crippen molar-refractivity contribution < 1.29 is 23.8 Å². The summed E-state index contributed by atoms with van der Waals surface area (Å²) >= 11 is 0. The van der Waals surface area contributed by atoms with Gasteiger partial charge in [0, 0.05) is 0 Å². The number of ether oxygens (including phenoxy) is 1. The molecule has 4 N–H and O–H groups in total. The van der Waals surface area contributed by atoms with E-state index in [2.05, 4.69) is 19.5 Å². The van der Waals surface area contributed by atoms with Gasteiger partial charge in [-0.2, -0.15) is 0 Å². The first-order valence-corrected chi connectivity index (χ1v) is 7.37. The van der Waals surface area contributed by atoms with E-state index < -0.39 is 14.4 Å². The van der Waals surface area contributed by atoms with Crippen LogP contribution in [0.25, 0.3) is 11.2 Å². The summed E-state index contributed by atoms with van der Waals surface area (Å²) in [7, 11) is -2.98. The second kappa shape index (κ2) is 7.43. The highest BCUT2D eigenvalue weighted by Crippen LogP contribution is 2.15. The normalized spacial score (nSPS) is 14.4. The van der Waals surface area contributed by atoms with Crippen LogP contribution in [0.2, 0.25) is 0 Å². The standard InChI is InChI=1S/C10H16N5O5P/c11-9-8-10(13-4-12-9)15(5-14-8)3-7(16)1-2-19-6-20-21(17)18/h4-5,7,16,21H,1-3,6H2,(H,17,18)(H2,11,12,13). The van der Waals surface area contributed by atoms with Crippen LogP contribution < -0.4 is 5.73 Å². The van der Waals surface area contributed by atoms with E-state index in [4.69, 9.17) is 15.4 Å². The zero-order chi connectivity index (χ0) is 15.2. The molecule has 2 atom stereocenters. The Morgan fingerprint density at radius 3 is 3.00 bits per heavy atom. The van der Waals surface area contributed by atoms with Gasteiger partial charge in [-0.3, -0.25) is 9.09 Å². The van der Waals surface area contributed by atoms with Gasteiger partial charge in [0.25, 0.3) is 0 Å². The van der Waals surface area contributed by atoms with Gasteiger partial charge in [0.15, 0.2) is 18.3 Å². The minimum absolute atomic E-state index is 0.195. The van der Waals surface area contributed by atoms with Gasteiger partial charge >= 0.3 is 8.25 Å².